The monoisotopic (exact) mass is 711 g/mol. The molecule has 9 saturated carbocycles. The van der Waals surface area contributed by atoms with Crippen molar-refractivity contribution >= 4 is 0 Å². The number of hydrogen-bond acceptors (Lipinski definition) is 0. The summed E-state index contributed by atoms with van der Waals surface area (Å²) in [6.07, 6.45) is 58.0. The van der Waals surface area contributed by atoms with Crippen molar-refractivity contribution in [2.24, 2.45) is 88.8 Å². The second-order valence-electron chi connectivity index (χ2n) is 22.1. The highest BCUT2D eigenvalue weighted by molar-refractivity contribution is 5.15. The molecule has 0 aliphatic heterocycles. The van der Waals surface area contributed by atoms with Crippen molar-refractivity contribution in [2.75, 3.05) is 0 Å². The van der Waals surface area contributed by atoms with E-state index in [9.17, 15) is 0 Å². The maximum absolute atomic E-state index is 3.01. The Labute approximate surface area is 324 Å². The largest absolute Gasteiger partial charge is 0.0817 e. The van der Waals surface area contributed by atoms with Gasteiger partial charge >= 0.3 is 0 Å². The predicted molar refractivity (Wildman–Crippen MR) is 222 cm³/mol. The molecule has 0 bridgehead atoms. The molecular weight excluding hydrogens is 625 g/mol. The van der Waals surface area contributed by atoms with E-state index in [1.54, 1.807) is 154 Å². The summed E-state index contributed by atoms with van der Waals surface area (Å²) in [5.74, 6) is 16.1. The summed E-state index contributed by atoms with van der Waals surface area (Å²) in [7, 11) is 0. The second-order valence-corrected chi connectivity index (χ2v) is 22.1. The van der Waals surface area contributed by atoms with Crippen molar-refractivity contribution in [1.82, 2.24) is 0 Å². The van der Waals surface area contributed by atoms with Crippen LogP contribution in [0.1, 0.15) is 225 Å². The summed E-state index contributed by atoms with van der Waals surface area (Å²) < 4.78 is 0. The maximum Gasteiger partial charge on any atom is -0.0200 e. The van der Waals surface area contributed by atoms with E-state index < -0.39 is 0 Å². The minimum absolute atomic E-state index is 0.923. The molecule has 9 rings (SSSR count). The number of fused-ring (bicyclic) bond motifs is 2. The lowest BCUT2D eigenvalue weighted by molar-refractivity contribution is -0.130. The molecule has 52 heavy (non-hydrogen) atoms. The quantitative estimate of drug-likeness (QED) is 0.231. The van der Waals surface area contributed by atoms with Gasteiger partial charge in [0, 0.05) is 0 Å². The summed E-state index contributed by atoms with van der Waals surface area (Å²) in [5, 5.41) is 0. The third-order valence-corrected chi connectivity index (χ3v) is 19.7. The van der Waals surface area contributed by atoms with Gasteiger partial charge in [0.2, 0.25) is 0 Å². The topological polar surface area (TPSA) is 0 Å². The molecule has 9 fully saturated rings. The molecule has 7 atom stereocenters. The van der Waals surface area contributed by atoms with Crippen molar-refractivity contribution in [3.63, 3.8) is 0 Å². The first-order valence-corrected chi connectivity index (χ1v) is 25.5. The standard InChI is InChI=1S/C52H86/c1-5-17-38(18-6-1)43-33-34-48(50(36-43)41-23-11-4-12-24-41)52-46-27-15-13-25-44(46)51(45-26-14-16-28-47(45)52)42-31-29-37(30-32-42)35-49(39-19-7-2-8-20-39)40-21-9-3-10-22-40/h35,37-48,50-52H,1-34,36H2. The third kappa shape index (κ3) is 8.11. The molecule has 7 unspecified atom stereocenters. The maximum atomic E-state index is 3.01. The zero-order valence-corrected chi connectivity index (χ0v) is 34.5. The van der Waals surface area contributed by atoms with Crippen molar-refractivity contribution in [3.05, 3.63) is 11.6 Å². The van der Waals surface area contributed by atoms with Crippen LogP contribution in [0.4, 0.5) is 0 Å². The van der Waals surface area contributed by atoms with E-state index in [4.69, 9.17) is 0 Å². The van der Waals surface area contributed by atoms with Crippen LogP contribution in [0.2, 0.25) is 0 Å². The molecule has 0 radical (unpaired) electrons. The fourth-order valence-corrected chi connectivity index (χ4v) is 17.6. The third-order valence-electron chi connectivity index (χ3n) is 19.7. The molecule has 9 aliphatic carbocycles. The Morgan fingerprint density at radius 1 is 0.269 bits per heavy atom. The lowest BCUT2D eigenvalue weighted by Gasteiger charge is -2.62. The Balaban J connectivity index is 0.938. The van der Waals surface area contributed by atoms with Gasteiger partial charge in [-0.3, -0.25) is 0 Å². The van der Waals surface area contributed by atoms with Crippen LogP contribution in [0.15, 0.2) is 11.6 Å². The Hall–Kier alpha value is -0.260. The second kappa shape index (κ2) is 17.9. The van der Waals surface area contributed by atoms with Gasteiger partial charge < -0.3 is 0 Å². The fourth-order valence-electron chi connectivity index (χ4n) is 17.6. The summed E-state index contributed by atoms with van der Waals surface area (Å²) in [6, 6.07) is 0. The smallest absolute Gasteiger partial charge is 0.0200 e. The summed E-state index contributed by atoms with van der Waals surface area (Å²) >= 11 is 0. The minimum Gasteiger partial charge on any atom is -0.0817 e. The average Bonchev–Trinajstić information content (AvgIpc) is 3.23. The van der Waals surface area contributed by atoms with Gasteiger partial charge in [0.15, 0.2) is 0 Å². The van der Waals surface area contributed by atoms with E-state index in [-0.39, 0.29) is 0 Å². The predicted octanol–water partition coefficient (Wildman–Crippen LogP) is 15.9. The highest BCUT2D eigenvalue weighted by Gasteiger charge is 2.57. The van der Waals surface area contributed by atoms with Crippen LogP contribution in [0.5, 0.6) is 0 Å². The van der Waals surface area contributed by atoms with E-state index >= 15 is 0 Å². The molecule has 9 aliphatic rings. The molecule has 0 aromatic rings. The van der Waals surface area contributed by atoms with Crippen molar-refractivity contribution in [3.8, 4) is 0 Å². The minimum atomic E-state index is 0.923. The molecule has 0 aromatic heterocycles. The molecular formula is C52H86. The van der Waals surface area contributed by atoms with Gasteiger partial charge in [-0.25, -0.2) is 0 Å². The van der Waals surface area contributed by atoms with Crippen LogP contribution in [0.25, 0.3) is 0 Å². The molecule has 0 N–H and O–H groups in total. The highest BCUT2D eigenvalue weighted by atomic mass is 14.6. The molecule has 0 heterocycles. The molecule has 0 aromatic carbocycles. The van der Waals surface area contributed by atoms with Crippen molar-refractivity contribution < 1.29 is 0 Å². The lowest BCUT2D eigenvalue weighted by Crippen LogP contribution is -2.55. The summed E-state index contributed by atoms with van der Waals surface area (Å²) in [5.41, 5.74) is 2.02. The van der Waals surface area contributed by atoms with Crippen LogP contribution in [0, 0.1) is 88.8 Å². The number of allylic oxidation sites excluding steroid dienone is 2. The van der Waals surface area contributed by atoms with E-state index in [1.807, 2.05) is 5.57 Å². The SMILES string of the molecule is C(=C(C1CCCCC1)C1CCCCC1)C1CCC(C2C3CCCCC3C(C3CCC(C4CCCCC4)CC3C3CCCCC3)C3CCCCC32)CC1. The molecule has 0 heteroatoms. The van der Waals surface area contributed by atoms with Gasteiger partial charge in [-0.1, -0.05) is 140 Å². The van der Waals surface area contributed by atoms with Crippen LogP contribution in [-0.2, 0) is 0 Å². The Morgan fingerprint density at radius 2 is 0.673 bits per heavy atom. The van der Waals surface area contributed by atoms with Crippen LogP contribution >= 0.6 is 0 Å². The van der Waals surface area contributed by atoms with E-state index in [2.05, 4.69) is 6.08 Å². The molecule has 294 valence electrons. The van der Waals surface area contributed by atoms with Gasteiger partial charge in [0.1, 0.15) is 0 Å². The van der Waals surface area contributed by atoms with E-state index in [0.29, 0.717) is 0 Å². The normalized spacial score (nSPS) is 43.7. The van der Waals surface area contributed by atoms with Crippen molar-refractivity contribution in [2.45, 2.75) is 225 Å². The van der Waals surface area contributed by atoms with Gasteiger partial charge in [-0.2, -0.15) is 0 Å². The Morgan fingerprint density at radius 3 is 1.19 bits per heavy atom. The van der Waals surface area contributed by atoms with Gasteiger partial charge in [-0.05, 0) is 185 Å². The first kappa shape index (κ1) is 37.3. The van der Waals surface area contributed by atoms with Gasteiger partial charge in [-0.15, -0.1) is 0 Å². The molecule has 0 nitrogen and oxygen atoms in total. The average molecular weight is 711 g/mol. The van der Waals surface area contributed by atoms with E-state index in [1.165, 1.54) is 70.6 Å². The fraction of sp³-hybridized carbons (Fsp3) is 0.962. The van der Waals surface area contributed by atoms with Crippen molar-refractivity contribution in [1.29, 1.82) is 0 Å². The van der Waals surface area contributed by atoms with Crippen LogP contribution < -0.4 is 0 Å². The summed E-state index contributed by atoms with van der Waals surface area (Å²) in [4.78, 5) is 0. The zero-order chi connectivity index (χ0) is 34.7. The summed E-state index contributed by atoms with van der Waals surface area (Å²) in [6.45, 7) is 0. The lowest BCUT2D eigenvalue weighted by atomic mass is 9.43. The Kier molecular flexibility index (Phi) is 12.8. The van der Waals surface area contributed by atoms with Crippen LogP contribution in [-0.4, -0.2) is 0 Å². The first-order chi connectivity index (χ1) is 25.8. The zero-order valence-electron chi connectivity index (χ0n) is 34.5. The molecule has 0 saturated heterocycles. The molecule has 0 spiro atoms. The number of hydrogen-bond donors (Lipinski definition) is 0. The highest BCUT2D eigenvalue weighted by Crippen LogP contribution is 2.64. The Bertz CT molecular complexity index is 1050. The van der Waals surface area contributed by atoms with E-state index in [0.717, 1.165) is 88.8 Å². The van der Waals surface area contributed by atoms with Gasteiger partial charge in [0.25, 0.3) is 0 Å². The van der Waals surface area contributed by atoms with Gasteiger partial charge in [0.05, 0.1) is 0 Å². The number of rotatable bonds is 7. The first-order valence-electron chi connectivity index (χ1n) is 25.5. The molecule has 0 amide bonds. The van der Waals surface area contributed by atoms with Crippen LogP contribution in [0.3, 0.4) is 0 Å².